The molecule has 68 valence electrons. The molecule has 1 heterocycles. The number of thioether (sulfide) groups is 1. The van der Waals surface area contributed by atoms with E-state index in [-0.39, 0.29) is 0 Å². The Bertz CT molecular complexity index is 445. The summed E-state index contributed by atoms with van der Waals surface area (Å²) in [6.45, 7) is 2.08. The summed E-state index contributed by atoms with van der Waals surface area (Å²) in [5.41, 5.74) is 7.07. The highest BCUT2D eigenvalue weighted by Gasteiger charge is 2.05. The van der Waals surface area contributed by atoms with Crippen molar-refractivity contribution >= 4 is 38.2 Å². The Morgan fingerprint density at radius 1 is 1.38 bits per heavy atom. The van der Waals surface area contributed by atoms with Crippen LogP contribution in [0.4, 0.5) is 5.00 Å². The fourth-order valence-electron chi connectivity index (χ4n) is 1.35. The first-order chi connectivity index (χ1) is 6.22. The van der Waals surface area contributed by atoms with E-state index >= 15 is 0 Å². The normalized spacial score (nSPS) is 10.9. The number of nitrogen functional groups attached to an aromatic ring is 1. The molecular formula is C10H11NS2. The van der Waals surface area contributed by atoms with Gasteiger partial charge in [-0.2, -0.15) is 0 Å². The minimum atomic E-state index is 0.938. The summed E-state index contributed by atoms with van der Waals surface area (Å²) in [5.74, 6) is 0. The first-order valence-electron chi connectivity index (χ1n) is 4.05. The predicted molar refractivity (Wildman–Crippen MR) is 62.8 cm³/mol. The molecule has 2 N–H and O–H groups in total. The minimum absolute atomic E-state index is 0.938. The van der Waals surface area contributed by atoms with Crippen LogP contribution in [0.5, 0.6) is 0 Å². The van der Waals surface area contributed by atoms with E-state index < -0.39 is 0 Å². The molecule has 0 amide bonds. The Morgan fingerprint density at radius 3 is 2.85 bits per heavy atom. The lowest BCUT2D eigenvalue weighted by atomic mass is 10.2. The number of rotatable bonds is 1. The van der Waals surface area contributed by atoms with Gasteiger partial charge in [-0.25, -0.2) is 0 Å². The van der Waals surface area contributed by atoms with Crippen LogP contribution in [0.1, 0.15) is 5.56 Å². The van der Waals surface area contributed by atoms with Gasteiger partial charge in [-0.05, 0) is 36.3 Å². The molecule has 0 saturated carbocycles. The molecule has 0 bridgehead atoms. The van der Waals surface area contributed by atoms with Gasteiger partial charge >= 0.3 is 0 Å². The second-order valence-corrected chi connectivity index (χ2v) is 4.92. The Labute approximate surface area is 85.9 Å². The fourth-order valence-corrected chi connectivity index (χ4v) is 2.88. The highest BCUT2D eigenvalue weighted by atomic mass is 32.2. The van der Waals surface area contributed by atoms with Gasteiger partial charge in [0.1, 0.15) is 0 Å². The Morgan fingerprint density at radius 2 is 2.15 bits per heavy atom. The standard InChI is InChI=1S/C10H11NS2/c1-6-8-4-3-7(12-2)5-9(8)13-10(6)11/h3-5H,11H2,1-2H3. The van der Waals surface area contributed by atoms with E-state index in [0.29, 0.717) is 0 Å². The highest BCUT2D eigenvalue weighted by molar-refractivity contribution is 7.98. The summed E-state index contributed by atoms with van der Waals surface area (Å²) in [6.07, 6.45) is 2.09. The van der Waals surface area contributed by atoms with E-state index in [1.165, 1.54) is 20.5 Å². The van der Waals surface area contributed by atoms with Gasteiger partial charge in [0.05, 0.1) is 5.00 Å². The topological polar surface area (TPSA) is 26.0 Å². The van der Waals surface area contributed by atoms with E-state index in [9.17, 15) is 0 Å². The van der Waals surface area contributed by atoms with Crippen molar-refractivity contribution in [2.45, 2.75) is 11.8 Å². The zero-order valence-electron chi connectivity index (χ0n) is 7.63. The molecule has 0 saturated heterocycles. The number of benzene rings is 1. The third-order valence-corrected chi connectivity index (χ3v) is 3.99. The van der Waals surface area contributed by atoms with E-state index in [1.807, 2.05) is 0 Å². The second kappa shape index (κ2) is 3.24. The molecule has 3 heteroatoms. The summed E-state index contributed by atoms with van der Waals surface area (Å²) < 4.78 is 1.29. The van der Waals surface area contributed by atoms with Gasteiger partial charge in [-0.1, -0.05) is 6.07 Å². The summed E-state index contributed by atoms with van der Waals surface area (Å²) in [7, 11) is 0. The van der Waals surface area contributed by atoms with E-state index in [2.05, 4.69) is 31.4 Å². The molecule has 1 nitrogen and oxygen atoms in total. The first-order valence-corrected chi connectivity index (χ1v) is 6.09. The van der Waals surface area contributed by atoms with Crippen molar-refractivity contribution < 1.29 is 0 Å². The zero-order valence-corrected chi connectivity index (χ0v) is 9.26. The SMILES string of the molecule is CSc1ccc2c(C)c(N)sc2c1. The molecule has 0 atom stereocenters. The second-order valence-electron chi connectivity index (χ2n) is 2.95. The number of aryl methyl sites for hydroxylation is 1. The molecule has 0 aliphatic heterocycles. The third-order valence-electron chi connectivity index (χ3n) is 2.18. The molecular weight excluding hydrogens is 198 g/mol. The van der Waals surface area contributed by atoms with Gasteiger partial charge in [0.25, 0.3) is 0 Å². The number of nitrogens with two attached hydrogens (primary N) is 1. The summed E-state index contributed by atoms with van der Waals surface area (Å²) in [5, 5.41) is 2.23. The van der Waals surface area contributed by atoms with Crippen molar-refractivity contribution in [2.75, 3.05) is 12.0 Å². The fraction of sp³-hybridized carbons (Fsp3) is 0.200. The summed E-state index contributed by atoms with van der Waals surface area (Å²) in [6, 6.07) is 6.50. The number of hydrogen-bond acceptors (Lipinski definition) is 3. The van der Waals surface area contributed by atoms with Gasteiger partial charge in [-0.3, -0.25) is 0 Å². The number of thiophene rings is 1. The lowest BCUT2D eigenvalue weighted by molar-refractivity contribution is 1.51. The monoisotopic (exact) mass is 209 g/mol. The number of anilines is 1. The number of hydrogen-bond donors (Lipinski definition) is 1. The zero-order chi connectivity index (χ0) is 9.42. The molecule has 2 aromatic rings. The summed E-state index contributed by atoms with van der Waals surface area (Å²) >= 11 is 3.44. The Balaban J connectivity index is 2.73. The lowest BCUT2D eigenvalue weighted by Gasteiger charge is -1.95. The molecule has 1 aromatic carbocycles. The quantitative estimate of drug-likeness (QED) is 0.727. The van der Waals surface area contributed by atoms with E-state index in [0.717, 1.165) is 5.00 Å². The third kappa shape index (κ3) is 1.42. The van der Waals surface area contributed by atoms with Gasteiger partial charge < -0.3 is 5.73 Å². The highest BCUT2D eigenvalue weighted by Crippen LogP contribution is 2.34. The van der Waals surface area contributed by atoms with Crippen molar-refractivity contribution in [2.24, 2.45) is 0 Å². The van der Waals surface area contributed by atoms with Crippen molar-refractivity contribution in [3.05, 3.63) is 23.8 Å². The summed E-state index contributed by atoms with van der Waals surface area (Å²) in [4.78, 5) is 1.30. The molecule has 0 aliphatic rings. The van der Waals surface area contributed by atoms with Gasteiger partial charge in [0.2, 0.25) is 0 Å². The van der Waals surface area contributed by atoms with Crippen LogP contribution >= 0.6 is 23.1 Å². The van der Waals surface area contributed by atoms with Crippen LogP contribution in [0.25, 0.3) is 10.1 Å². The Kier molecular flexibility index (Phi) is 2.22. The van der Waals surface area contributed by atoms with Crippen LogP contribution in [0.2, 0.25) is 0 Å². The smallest absolute Gasteiger partial charge is 0.0898 e. The average molecular weight is 209 g/mol. The minimum Gasteiger partial charge on any atom is -0.390 e. The van der Waals surface area contributed by atoms with Gasteiger partial charge in [-0.15, -0.1) is 23.1 Å². The van der Waals surface area contributed by atoms with Crippen LogP contribution in [-0.2, 0) is 0 Å². The predicted octanol–water partition coefficient (Wildman–Crippen LogP) is 3.51. The van der Waals surface area contributed by atoms with Crippen LogP contribution in [0.3, 0.4) is 0 Å². The van der Waals surface area contributed by atoms with Crippen molar-refractivity contribution in [3.63, 3.8) is 0 Å². The molecule has 0 aliphatic carbocycles. The van der Waals surface area contributed by atoms with Crippen molar-refractivity contribution in [3.8, 4) is 0 Å². The van der Waals surface area contributed by atoms with Crippen LogP contribution in [0, 0.1) is 6.92 Å². The molecule has 1 aromatic heterocycles. The van der Waals surface area contributed by atoms with E-state index in [4.69, 9.17) is 5.73 Å². The molecule has 0 radical (unpaired) electrons. The van der Waals surface area contributed by atoms with E-state index in [1.54, 1.807) is 23.1 Å². The maximum Gasteiger partial charge on any atom is 0.0898 e. The van der Waals surface area contributed by atoms with Crippen molar-refractivity contribution in [1.29, 1.82) is 0 Å². The van der Waals surface area contributed by atoms with Crippen LogP contribution < -0.4 is 5.73 Å². The van der Waals surface area contributed by atoms with Crippen molar-refractivity contribution in [1.82, 2.24) is 0 Å². The van der Waals surface area contributed by atoms with Crippen LogP contribution in [-0.4, -0.2) is 6.26 Å². The molecule has 2 rings (SSSR count). The van der Waals surface area contributed by atoms with Gasteiger partial charge in [0, 0.05) is 9.60 Å². The van der Waals surface area contributed by atoms with Gasteiger partial charge in [0.15, 0.2) is 0 Å². The first kappa shape index (κ1) is 8.91. The average Bonchev–Trinajstić information content (AvgIpc) is 2.42. The Hall–Kier alpha value is -0.670. The maximum absolute atomic E-state index is 5.86. The molecule has 0 fully saturated rings. The molecule has 13 heavy (non-hydrogen) atoms. The largest absolute Gasteiger partial charge is 0.390 e. The maximum atomic E-state index is 5.86. The lowest BCUT2D eigenvalue weighted by Crippen LogP contribution is -1.80. The number of fused-ring (bicyclic) bond motifs is 1. The molecule has 0 spiro atoms. The van der Waals surface area contributed by atoms with Crippen LogP contribution in [0.15, 0.2) is 23.1 Å². The molecule has 0 unspecified atom stereocenters.